The number of hydrogen-bond acceptors (Lipinski definition) is 2. The van der Waals surface area contributed by atoms with Crippen molar-refractivity contribution in [1.29, 1.82) is 0 Å². The standard InChI is InChI=1S/C18H24Br2N4/c19-17(23-11-7-15(21)8-12-23)5-3-1-2-4-6-18(20)24-13-9-16(22)10-14-24/h7-14,17-18,21-22H,1-6H2/p+2. The molecule has 2 aromatic heterocycles. The lowest BCUT2D eigenvalue weighted by Gasteiger charge is -2.07. The molecule has 0 radical (unpaired) electrons. The third kappa shape index (κ3) is 6.40. The number of alkyl halides is 2. The molecule has 24 heavy (non-hydrogen) atoms. The quantitative estimate of drug-likeness (QED) is 0.336. The lowest BCUT2D eigenvalue weighted by atomic mass is 10.1. The first kappa shape index (κ1) is 19.2. The Hall–Kier alpha value is -1.14. The van der Waals surface area contributed by atoms with E-state index in [1.54, 1.807) is 0 Å². The first-order valence-corrected chi connectivity index (χ1v) is 10.2. The molecule has 0 saturated heterocycles. The summed E-state index contributed by atoms with van der Waals surface area (Å²) >= 11 is 7.48. The van der Waals surface area contributed by atoms with Gasteiger partial charge >= 0.3 is 0 Å². The van der Waals surface area contributed by atoms with Crippen molar-refractivity contribution >= 4 is 43.2 Å². The number of anilines is 2. The molecule has 0 bridgehead atoms. The zero-order valence-corrected chi connectivity index (χ0v) is 17.0. The summed E-state index contributed by atoms with van der Waals surface area (Å²) in [5, 5.41) is 0. The molecule has 2 unspecified atom stereocenters. The zero-order valence-electron chi connectivity index (χ0n) is 13.8. The van der Waals surface area contributed by atoms with Gasteiger partial charge in [0.1, 0.15) is 0 Å². The van der Waals surface area contributed by atoms with Crippen molar-refractivity contribution in [3.05, 3.63) is 49.1 Å². The van der Waals surface area contributed by atoms with Crippen molar-refractivity contribution in [3.8, 4) is 0 Å². The molecule has 0 fully saturated rings. The van der Waals surface area contributed by atoms with Crippen molar-refractivity contribution in [2.45, 2.75) is 48.4 Å². The summed E-state index contributed by atoms with van der Waals surface area (Å²) in [6, 6.07) is 7.72. The fraction of sp³-hybridized carbons (Fsp3) is 0.444. The predicted molar refractivity (Wildman–Crippen MR) is 106 cm³/mol. The van der Waals surface area contributed by atoms with Crippen LogP contribution < -0.4 is 20.6 Å². The number of rotatable bonds is 9. The second-order valence-electron chi connectivity index (χ2n) is 6.02. The maximum atomic E-state index is 5.72. The van der Waals surface area contributed by atoms with E-state index in [9.17, 15) is 0 Å². The Kier molecular flexibility index (Phi) is 7.99. The lowest BCUT2D eigenvalue weighted by Crippen LogP contribution is -2.35. The molecule has 130 valence electrons. The smallest absolute Gasteiger partial charge is 0.211 e. The second kappa shape index (κ2) is 9.99. The summed E-state index contributed by atoms with van der Waals surface area (Å²) in [4.78, 5) is 0.680. The van der Waals surface area contributed by atoms with Gasteiger partial charge in [0, 0.05) is 48.5 Å². The number of aromatic nitrogens is 2. The van der Waals surface area contributed by atoms with E-state index in [0.29, 0.717) is 9.90 Å². The molecule has 0 saturated carbocycles. The Labute approximate surface area is 161 Å². The molecule has 0 amide bonds. The Morgan fingerprint density at radius 2 is 1.00 bits per heavy atom. The van der Waals surface area contributed by atoms with E-state index in [4.69, 9.17) is 11.5 Å². The van der Waals surface area contributed by atoms with E-state index < -0.39 is 0 Å². The molecule has 0 spiro atoms. The SMILES string of the molecule is Nc1cc[n+](C(Br)CCCCCCC(Br)[n+]2ccc(N)cc2)cc1. The summed E-state index contributed by atoms with van der Waals surface area (Å²) in [5.74, 6) is 0. The van der Waals surface area contributed by atoms with Crippen molar-refractivity contribution in [3.63, 3.8) is 0 Å². The van der Waals surface area contributed by atoms with E-state index in [1.807, 2.05) is 49.1 Å². The van der Waals surface area contributed by atoms with Gasteiger partial charge in [0.2, 0.25) is 9.90 Å². The molecule has 4 N–H and O–H groups in total. The normalized spacial score (nSPS) is 13.6. The topological polar surface area (TPSA) is 59.8 Å². The maximum Gasteiger partial charge on any atom is 0.211 e. The van der Waals surface area contributed by atoms with Gasteiger partial charge in [-0.25, -0.2) is 0 Å². The Morgan fingerprint density at radius 3 is 1.33 bits per heavy atom. The van der Waals surface area contributed by atoms with E-state index in [-0.39, 0.29) is 0 Å². The number of nitrogens with zero attached hydrogens (tertiary/aromatic N) is 2. The Bertz CT molecular complexity index is 546. The highest BCUT2D eigenvalue weighted by molar-refractivity contribution is 9.09. The van der Waals surface area contributed by atoms with Gasteiger partial charge in [-0.2, -0.15) is 9.13 Å². The third-order valence-electron chi connectivity index (χ3n) is 4.04. The molecule has 6 heteroatoms. The summed E-state index contributed by atoms with van der Waals surface area (Å²) in [5.41, 5.74) is 13.0. The molecular weight excluding hydrogens is 432 g/mol. The number of halogens is 2. The van der Waals surface area contributed by atoms with Crippen LogP contribution in [0, 0.1) is 0 Å². The number of nitrogen functional groups attached to an aromatic ring is 2. The summed E-state index contributed by atoms with van der Waals surface area (Å²) < 4.78 is 4.31. The minimum absolute atomic E-state index is 0.340. The summed E-state index contributed by atoms with van der Waals surface area (Å²) in [6.07, 6.45) is 15.3. The van der Waals surface area contributed by atoms with Crippen LogP contribution in [0.5, 0.6) is 0 Å². The van der Waals surface area contributed by atoms with Crippen LogP contribution >= 0.6 is 31.9 Å². The van der Waals surface area contributed by atoms with Gasteiger partial charge < -0.3 is 11.5 Å². The molecule has 0 aliphatic heterocycles. The van der Waals surface area contributed by atoms with E-state index in [1.165, 1.54) is 25.7 Å². The van der Waals surface area contributed by atoms with Crippen LogP contribution in [0.15, 0.2) is 49.1 Å². The molecule has 2 aromatic rings. The van der Waals surface area contributed by atoms with Crippen LogP contribution in [0.3, 0.4) is 0 Å². The lowest BCUT2D eigenvalue weighted by molar-refractivity contribution is -0.698. The number of nitrogens with two attached hydrogens (primary N) is 2. The van der Waals surface area contributed by atoms with Crippen LogP contribution in [-0.4, -0.2) is 0 Å². The van der Waals surface area contributed by atoms with Gasteiger partial charge in [0.25, 0.3) is 0 Å². The third-order valence-corrected chi connectivity index (χ3v) is 5.90. The monoisotopic (exact) mass is 456 g/mol. The first-order chi connectivity index (χ1) is 11.6. The highest BCUT2D eigenvalue weighted by Gasteiger charge is 2.14. The van der Waals surface area contributed by atoms with Crippen molar-refractivity contribution in [2.24, 2.45) is 0 Å². The van der Waals surface area contributed by atoms with Crippen LogP contribution in [0.4, 0.5) is 11.4 Å². The fourth-order valence-electron chi connectivity index (χ4n) is 2.55. The second-order valence-corrected chi connectivity index (χ2v) is 8.13. The molecule has 0 aliphatic rings. The number of hydrogen-bond donors (Lipinski definition) is 2. The minimum Gasteiger partial charge on any atom is -0.398 e. The van der Waals surface area contributed by atoms with Crippen molar-refractivity contribution < 1.29 is 9.13 Å². The molecule has 4 nitrogen and oxygen atoms in total. The van der Waals surface area contributed by atoms with Gasteiger partial charge in [-0.05, 0) is 44.7 Å². The molecule has 0 aromatic carbocycles. The van der Waals surface area contributed by atoms with Crippen LogP contribution in [0.25, 0.3) is 0 Å². The average molecular weight is 458 g/mol. The summed E-state index contributed by atoms with van der Waals surface area (Å²) in [7, 11) is 0. The molecule has 0 aliphatic carbocycles. The largest absolute Gasteiger partial charge is 0.398 e. The highest BCUT2D eigenvalue weighted by atomic mass is 79.9. The Balaban J connectivity index is 1.59. The highest BCUT2D eigenvalue weighted by Crippen LogP contribution is 2.20. The number of unbranched alkanes of at least 4 members (excludes halogenated alkanes) is 3. The van der Waals surface area contributed by atoms with Crippen LogP contribution in [-0.2, 0) is 0 Å². The first-order valence-electron chi connectivity index (χ1n) is 8.37. The van der Waals surface area contributed by atoms with Gasteiger partial charge in [-0.1, -0.05) is 12.8 Å². The fourth-order valence-corrected chi connectivity index (χ4v) is 3.74. The van der Waals surface area contributed by atoms with Gasteiger partial charge in [0.15, 0.2) is 24.8 Å². The van der Waals surface area contributed by atoms with Crippen LogP contribution in [0.2, 0.25) is 0 Å². The van der Waals surface area contributed by atoms with Gasteiger partial charge in [0.05, 0.1) is 0 Å². The predicted octanol–water partition coefficient (Wildman–Crippen LogP) is 4.25. The van der Waals surface area contributed by atoms with E-state index in [0.717, 1.165) is 24.2 Å². The van der Waals surface area contributed by atoms with Crippen LogP contribution in [0.1, 0.15) is 48.4 Å². The maximum absolute atomic E-state index is 5.72. The van der Waals surface area contributed by atoms with E-state index >= 15 is 0 Å². The van der Waals surface area contributed by atoms with Crippen molar-refractivity contribution in [1.82, 2.24) is 0 Å². The summed E-state index contributed by atoms with van der Waals surface area (Å²) in [6.45, 7) is 0. The molecular formula is C18H26Br2N4+2. The molecule has 2 atom stereocenters. The van der Waals surface area contributed by atoms with E-state index in [2.05, 4.69) is 41.0 Å². The Morgan fingerprint density at radius 1 is 0.667 bits per heavy atom. The molecule has 2 rings (SSSR count). The minimum atomic E-state index is 0.340. The molecule has 2 heterocycles. The van der Waals surface area contributed by atoms with Gasteiger partial charge in [-0.3, -0.25) is 0 Å². The van der Waals surface area contributed by atoms with Gasteiger partial charge in [-0.15, -0.1) is 0 Å². The average Bonchev–Trinajstić information content (AvgIpc) is 2.58. The number of pyridine rings is 2. The van der Waals surface area contributed by atoms with Crippen molar-refractivity contribution in [2.75, 3.05) is 11.5 Å². The zero-order chi connectivity index (χ0) is 17.4.